The third kappa shape index (κ3) is 5.89. The molecule has 0 spiro atoms. The molecule has 0 aliphatic rings. The second-order valence-electron chi connectivity index (χ2n) is 6.08. The molecular formula is C20H22ClNO5. The van der Waals surface area contributed by atoms with Crippen molar-refractivity contribution in [2.45, 2.75) is 33.0 Å². The molecule has 2 aromatic carbocycles. The lowest BCUT2D eigenvalue weighted by atomic mass is 10.2. The molecule has 1 amide bonds. The van der Waals surface area contributed by atoms with Crippen LogP contribution in [0.25, 0.3) is 0 Å². The van der Waals surface area contributed by atoms with Crippen LogP contribution in [0, 0.1) is 0 Å². The van der Waals surface area contributed by atoms with E-state index in [4.69, 9.17) is 25.8 Å². The lowest BCUT2D eigenvalue weighted by molar-refractivity contribution is -0.123. The van der Waals surface area contributed by atoms with Crippen LogP contribution < -0.4 is 14.8 Å². The highest BCUT2D eigenvalue weighted by Gasteiger charge is 2.20. The zero-order valence-electron chi connectivity index (χ0n) is 15.6. The third-order valence-electron chi connectivity index (χ3n) is 3.53. The number of carbonyl (C=O) groups is 2. The van der Waals surface area contributed by atoms with Crippen LogP contribution in [0.1, 0.15) is 31.1 Å². The SMILES string of the molecule is COc1cc(C(=O)OC(C)C(=O)Nc2ccc(Cl)cc2)ccc1OC(C)C. The summed E-state index contributed by atoms with van der Waals surface area (Å²) in [5, 5.41) is 3.22. The number of anilines is 1. The van der Waals surface area contributed by atoms with Crippen molar-refractivity contribution >= 4 is 29.2 Å². The molecule has 0 aliphatic carbocycles. The van der Waals surface area contributed by atoms with Crippen LogP contribution in [-0.4, -0.2) is 31.2 Å². The molecule has 0 bridgehead atoms. The first-order valence-electron chi connectivity index (χ1n) is 8.42. The van der Waals surface area contributed by atoms with E-state index in [-0.39, 0.29) is 11.7 Å². The van der Waals surface area contributed by atoms with Gasteiger partial charge in [-0.3, -0.25) is 4.79 Å². The highest BCUT2D eigenvalue weighted by atomic mass is 35.5. The Kier molecular flexibility index (Phi) is 7.07. The molecule has 2 aromatic rings. The Morgan fingerprint density at radius 1 is 1.00 bits per heavy atom. The molecule has 2 rings (SSSR count). The van der Waals surface area contributed by atoms with E-state index in [0.717, 1.165) is 0 Å². The normalized spacial score (nSPS) is 11.6. The number of amides is 1. The van der Waals surface area contributed by atoms with Crippen molar-refractivity contribution < 1.29 is 23.8 Å². The van der Waals surface area contributed by atoms with E-state index in [1.165, 1.54) is 20.1 Å². The maximum Gasteiger partial charge on any atom is 0.339 e. The fourth-order valence-electron chi connectivity index (χ4n) is 2.21. The summed E-state index contributed by atoms with van der Waals surface area (Å²) in [6, 6.07) is 11.3. The lowest BCUT2D eigenvalue weighted by Crippen LogP contribution is -2.30. The minimum absolute atomic E-state index is 0.0340. The molecule has 0 heterocycles. The van der Waals surface area contributed by atoms with Gasteiger partial charge in [0.2, 0.25) is 0 Å². The zero-order chi connectivity index (χ0) is 20.0. The van der Waals surface area contributed by atoms with Gasteiger partial charge < -0.3 is 19.5 Å². The summed E-state index contributed by atoms with van der Waals surface area (Å²) in [7, 11) is 1.49. The number of ether oxygens (including phenoxy) is 3. The fraction of sp³-hybridized carbons (Fsp3) is 0.300. The monoisotopic (exact) mass is 391 g/mol. The summed E-state index contributed by atoms with van der Waals surface area (Å²) in [6.45, 7) is 5.28. The molecule has 27 heavy (non-hydrogen) atoms. The van der Waals surface area contributed by atoms with E-state index in [1.807, 2.05) is 13.8 Å². The highest BCUT2D eigenvalue weighted by Crippen LogP contribution is 2.29. The number of carbonyl (C=O) groups excluding carboxylic acids is 2. The number of hydrogen-bond donors (Lipinski definition) is 1. The van der Waals surface area contributed by atoms with Crippen molar-refractivity contribution in [3.8, 4) is 11.5 Å². The van der Waals surface area contributed by atoms with Gasteiger partial charge in [-0.05, 0) is 63.2 Å². The lowest BCUT2D eigenvalue weighted by Gasteiger charge is -2.16. The molecule has 6 nitrogen and oxygen atoms in total. The number of hydrogen-bond acceptors (Lipinski definition) is 5. The molecule has 1 unspecified atom stereocenters. The van der Waals surface area contributed by atoms with Gasteiger partial charge in [-0.25, -0.2) is 4.79 Å². The predicted octanol–water partition coefficient (Wildman–Crippen LogP) is 4.32. The Bertz CT molecular complexity index is 805. The van der Waals surface area contributed by atoms with Crippen molar-refractivity contribution in [3.63, 3.8) is 0 Å². The fourth-order valence-corrected chi connectivity index (χ4v) is 2.33. The average Bonchev–Trinajstić information content (AvgIpc) is 2.63. The summed E-state index contributed by atoms with van der Waals surface area (Å²) in [5.41, 5.74) is 0.818. The number of benzene rings is 2. The number of halogens is 1. The van der Waals surface area contributed by atoms with Crippen molar-refractivity contribution in [1.29, 1.82) is 0 Å². The second-order valence-corrected chi connectivity index (χ2v) is 6.51. The van der Waals surface area contributed by atoms with Crippen LogP contribution in [0.15, 0.2) is 42.5 Å². The molecule has 0 saturated heterocycles. The van der Waals surface area contributed by atoms with E-state index in [0.29, 0.717) is 22.2 Å². The van der Waals surface area contributed by atoms with E-state index in [2.05, 4.69) is 5.32 Å². The first-order valence-corrected chi connectivity index (χ1v) is 8.80. The van der Waals surface area contributed by atoms with Gasteiger partial charge in [-0.15, -0.1) is 0 Å². The molecule has 7 heteroatoms. The molecular weight excluding hydrogens is 370 g/mol. The van der Waals surface area contributed by atoms with E-state index >= 15 is 0 Å². The van der Waals surface area contributed by atoms with Crippen LogP contribution >= 0.6 is 11.6 Å². The van der Waals surface area contributed by atoms with Gasteiger partial charge in [0.1, 0.15) is 0 Å². The standard InChI is InChI=1S/C20H22ClNO5/c1-12(2)26-17-10-5-14(11-18(17)25-4)20(24)27-13(3)19(23)22-16-8-6-15(21)7-9-16/h5-13H,1-4H3,(H,22,23). The average molecular weight is 392 g/mol. The van der Waals surface area contributed by atoms with Crippen molar-refractivity contribution in [2.24, 2.45) is 0 Å². The van der Waals surface area contributed by atoms with Gasteiger partial charge in [0, 0.05) is 10.7 Å². The van der Waals surface area contributed by atoms with Crippen LogP contribution in [0.4, 0.5) is 5.69 Å². The molecule has 144 valence electrons. The summed E-state index contributed by atoms with van der Waals surface area (Å²) in [4.78, 5) is 24.5. The minimum atomic E-state index is -0.981. The predicted molar refractivity (Wildman–Crippen MR) is 104 cm³/mol. The van der Waals surface area contributed by atoms with Crippen molar-refractivity contribution in [3.05, 3.63) is 53.1 Å². The zero-order valence-corrected chi connectivity index (χ0v) is 16.4. The number of rotatable bonds is 7. The molecule has 1 N–H and O–H groups in total. The molecule has 0 aromatic heterocycles. The van der Waals surface area contributed by atoms with Crippen LogP contribution in [0.5, 0.6) is 11.5 Å². The summed E-state index contributed by atoms with van der Waals surface area (Å²) >= 11 is 5.81. The molecule has 1 atom stereocenters. The van der Waals surface area contributed by atoms with E-state index < -0.39 is 18.0 Å². The Morgan fingerprint density at radius 2 is 1.67 bits per heavy atom. The largest absolute Gasteiger partial charge is 0.493 e. The Balaban J connectivity index is 2.02. The van der Waals surface area contributed by atoms with E-state index in [9.17, 15) is 9.59 Å². The van der Waals surface area contributed by atoms with Crippen LogP contribution in [0.2, 0.25) is 5.02 Å². The quantitative estimate of drug-likeness (QED) is 0.711. The summed E-state index contributed by atoms with van der Waals surface area (Å²) < 4.78 is 16.1. The van der Waals surface area contributed by atoms with Crippen LogP contribution in [0.3, 0.4) is 0 Å². The maximum atomic E-state index is 12.3. The van der Waals surface area contributed by atoms with Gasteiger partial charge in [-0.1, -0.05) is 11.6 Å². The molecule has 0 saturated carbocycles. The number of methoxy groups -OCH3 is 1. The Labute approximate surface area is 163 Å². The van der Waals surface area contributed by atoms with E-state index in [1.54, 1.807) is 36.4 Å². The van der Waals surface area contributed by atoms with Gasteiger partial charge in [-0.2, -0.15) is 0 Å². The van der Waals surface area contributed by atoms with Gasteiger partial charge >= 0.3 is 5.97 Å². The first kappa shape index (κ1) is 20.6. The first-order chi connectivity index (χ1) is 12.8. The Hall–Kier alpha value is -2.73. The van der Waals surface area contributed by atoms with Gasteiger partial charge in [0.05, 0.1) is 18.8 Å². The molecule has 0 aliphatic heterocycles. The summed E-state index contributed by atoms with van der Waals surface area (Å²) in [6.07, 6.45) is -1.01. The minimum Gasteiger partial charge on any atom is -0.493 e. The van der Waals surface area contributed by atoms with Crippen molar-refractivity contribution in [2.75, 3.05) is 12.4 Å². The third-order valence-corrected chi connectivity index (χ3v) is 3.78. The number of esters is 1. The maximum absolute atomic E-state index is 12.3. The van der Waals surface area contributed by atoms with Crippen molar-refractivity contribution in [1.82, 2.24) is 0 Å². The summed E-state index contributed by atoms with van der Waals surface area (Å²) in [5.74, 6) is -0.144. The smallest absolute Gasteiger partial charge is 0.339 e. The molecule has 0 fully saturated rings. The molecule has 0 radical (unpaired) electrons. The Morgan fingerprint density at radius 3 is 2.26 bits per heavy atom. The van der Waals surface area contributed by atoms with Gasteiger partial charge in [0.15, 0.2) is 17.6 Å². The highest BCUT2D eigenvalue weighted by molar-refractivity contribution is 6.30. The number of nitrogens with one attached hydrogen (secondary N) is 1. The van der Waals surface area contributed by atoms with Gasteiger partial charge in [0.25, 0.3) is 5.91 Å². The second kappa shape index (κ2) is 9.28. The topological polar surface area (TPSA) is 73.9 Å². The van der Waals surface area contributed by atoms with Crippen LogP contribution in [-0.2, 0) is 9.53 Å².